The van der Waals surface area contributed by atoms with Gasteiger partial charge in [-0.2, -0.15) is 4.98 Å². The summed E-state index contributed by atoms with van der Waals surface area (Å²) in [5, 5.41) is 8.40. The lowest BCUT2D eigenvalue weighted by Gasteiger charge is -2.57. The van der Waals surface area contributed by atoms with Gasteiger partial charge in [-0.05, 0) is 67.2 Å². The third kappa shape index (κ3) is 8.35. The fourth-order valence-electron chi connectivity index (χ4n) is 15.5. The molecular formula is C59H69N9O13. The standard InChI is InChI=1S/C59H69N9O13/c1-9-33-22-34-25-59(55(74)77-8,47-36(16-20-66(26-33)27-34)35-14-11-12-15-39(35)61-47)38-23-37-40(24-41(38)75-6)62-49-43(53(73)76-7)48(57(10-2)17-13-19-67-21-18-58(37,49)54(57)67)63-56-64-50-44(51(72)65-56)60-29-68(50)52-46(80-32(5)71)45(79-31(4)70)42(81-52)28-78-30(3)69/h11-15,17,23-24,29,33-34,42,45-46,48,52,54,61-62H,9-10,16,18-22,25-28H2,1-8H3,(H2,63,64,65,72)/t33-,34+,42+,45+,46+,48-,52+,54-,57-,58-,59-/m0/s1. The largest absolute Gasteiger partial charge is 0.496 e. The van der Waals surface area contributed by atoms with Crippen molar-refractivity contribution in [1.82, 2.24) is 34.3 Å². The molecule has 5 aromatic rings. The lowest BCUT2D eigenvalue weighted by Crippen LogP contribution is -2.65. The number of carbonyl (C=O) groups excluding carboxylic acids is 5. The average molecular weight is 1110 g/mol. The molecule has 3 fully saturated rings. The van der Waals surface area contributed by atoms with Crippen LogP contribution in [-0.4, -0.2) is 155 Å². The molecule has 2 aromatic carbocycles. The molecule has 9 heterocycles. The summed E-state index contributed by atoms with van der Waals surface area (Å²) in [4.78, 5) is 103. The Kier molecular flexibility index (Phi) is 13.6. The maximum atomic E-state index is 15.6. The van der Waals surface area contributed by atoms with Crippen LogP contribution < -0.4 is 20.9 Å². The monoisotopic (exact) mass is 1110 g/mol. The van der Waals surface area contributed by atoms with Gasteiger partial charge in [0.1, 0.15) is 23.9 Å². The average Bonchev–Trinajstić information content (AvgIpc) is 4.31. The Bertz CT molecular complexity index is 3530. The summed E-state index contributed by atoms with van der Waals surface area (Å²) in [6.45, 7) is 11.6. The van der Waals surface area contributed by atoms with Crippen LogP contribution in [0.3, 0.4) is 0 Å². The van der Waals surface area contributed by atoms with Gasteiger partial charge in [-0.3, -0.25) is 38.4 Å². The summed E-state index contributed by atoms with van der Waals surface area (Å²) < 4.78 is 42.7. The first-order chi connectivity index (χ1) is 39.0. The van der Waals surface area contributed by atoms with Crippen LogP contribution in [0, 0.1) is 17.3 Å². The van der Waals surface area contributed by atoms with Gasteiger partial charge in [0.05, 0.1) is 44.7 Å². The van der Waals surface area contributed by atoms with Crippen LogP contribution in [0.2, 0.25) is 0 Å². The minimum atomic E-state index is -1.35. The Balaban J connectivity index is 1.03. The number of imidazole rings is 1. The predicted molar refractivity (Wildman–Crippen MR) is 294 cm³/mol. The number of para-hydroxylation sites is 1. The molecule has 3 aromatic heterocycles. The Hall–Kier alpha value is -7.56. The van der Waals surface area contributed by atoms with Gasteiger partial charge >= 0.3 is 29.8 Å². The highest BCUT2D eigenvalue weighted by atomic mass is 16.7. The number of anilines is 2. The van der Waals surface area contributed by atoms with E-state index in [1.165, 1.54) is 45.9 Å². The molecule has 0 saturated carbocycles. The molecule has 22 nitrogen and oxygen atoms in total. The number of carbonyl (C=O) groups is 5. The minimum Gasteiger partial charge on any atom is -0.496 e. The van der Waals surface area contributed by atoms with E-state index in [0.717, 1.165) is 72.3 Å². The van der Waals surface area contributed by atoms with Crippen molar-refractivity contribution in [3.63, 3.8) is 0 Å². The second-order valence-electron chi connectivity index (χ2n) is 22.8. The van der Waals surface area contributed by atoms with Crippen LogP contribution in [0.1, 0.15) is 95.3 Å². The zero-order valence-electron chi connectivity index (χ0n) is 46.8. The lowest BCUT2D eigenvalue weighted by molar-refractivity contribution is -0.166. The topological polar surface area (TPSA) is 260 Å². The number of H-pyrrole nitrogens is 2. The number of aromatic nitrogens is 5. The van der Waals surface area contributed by atoms with E-state index in [9.17, 15) is 19.2 Å². The van der Waals surface area contributed by atoms with Crippen molar-refractivity contribution in [3.05, 3.63) is 98.9 Å². The molecule has 3 saturated heterocycles. The van der Waals surface area contributed by atoms with Crippen LogP contribution in [0.25, 0.3) is 22.1 Å². The number of benzene rings is 2. The van der Waals surface area contributed by atoms with E-state index in [0.29, 0.717) is 60.9 Å². The van der Waals surface area contributed by atoms with Gasteiger partial charge in [0.25, 0.3) is 5.56 Å². The van der Waals surface area contributed by atoms with E-state index in [1.54, 1.807) is 7.11 Å². The van der Waals surface area contributed by atoms with Crippen molar-refractivity contribution < 1.29 is 57.1 Å². The van der Waals surface area contributed by atoms with Gasteiger partial charge in [-0.15, -0.1) is 0 Å². The third-order valence-electron chi connectivity index (χ3n) is 18.7. The normalized spacial score (nSPS) is 30.9. The zero-order valence-corrected chi connectivity index (χ0v) is 46.8. The van der Waals surface area contributed by atoms with E-state index in [4.69, 9.17) is 38.1 Å². The Morgan fingerprint density at radius 1 is 0.926 bits per heavy atom. The van der Waals surface area contributed by atoms with Gasteiger partial charge in [0.15, 0.2) is 29.6 Å². The second-order valence-corrected chi connectivity index (χ2v) is 22.8. The van der Waals surface area contributed by atoms with Gasteiger partial charge in [-0.25, -0.2) is 9.78 Å². The molecule has 6 aliphatic heterocycles. The number of methoxy groups -OCH3 is 3. The zero-order chi connectivity index (χ0) is 56.9. The first-order valence-electron chi connectivity index (χ1n) is 28.1. The van der Waals surface area contributed by atoms with Crippen molar-refractivity contribution in [2.45, 2.75) is 121 Å². The molecule has 81 heavy (non-hydrogen) atoms. The number of aromatic amines is 2. The number of nitrogens with one attached hydrogen (secondary N) is 4. The van der Waals surface area contributed by atoms with E-state index in [2.05, 4.69) is 79.6 Å². The van der Waals surface area contributed by atoms with E-state index in [1.807, 2.05) is 18.2 Å². The Morgan fingerprint density at radius 3 is 2.44 bits per heavy atom. The van der Waals surface area contributed by atoms with Crippen LogP contribution in [0.4, 0.5) is 11.6 Å². The molecule has 22 heteroatoms. The number of hydrogen-bond donors (Lipinski definition) is 4. The first kappa shape index (κ1) is 54.0. The summed E-state index contributed by atoms with van der Waals surface area (Å²) in [7, 11) is 4.45. The second kappa shape index (κ2) is 20.5. The van der Waals surface area contributed by atoms with E-state index >= 15 is 9.59 Å². The van der Waals surface area contributed by atoms with Crippen LogP contribution in [0.15, 0.2) is 70.9 Å². The van der Waals surface area contributed by atoms with Gasteiger partial charge in [0.2, 0.25) is 5.95 Å². The van der Waals surface area contributed by atoms with Crippen molar-refractivity contribution >= 4 is 63.5 Å². The number of rotatable bonds is 13. The maximum Gasteiger partial charge on any atom is 0.337 e. The summed E-state index contributed by atoms with van der Waals surface area (Å²) in [5.74, 6) is -1.97. The van der Waals surface area contributed by atoms with Crippen molar-refractivity contribution in [1.29, 1.82) is 0 Å². The lowest BCUT2D eigenvalue weighted by atomic mass is 9.52. The quantitative estimate of drug-likeness (QED) is 0.0661. The summed E-state index contributed by atoms with van der Waals surface area (Å²) in [6.07, 6.45) is 5.00. The number of hydrogen-bond acceptors (Lipinski definition) is 19. The summed E-state index contributed by atoms with van der Waals surface area (Å²) in [5.41, 5.74) is 2.22. The number of fused-ring (bicyclic) bond motifs is 7. The SMILES string of the molecule is CC[C@H]1C[C@H]2CN(CCc3c([nH]c4ccccc34)[C@@](C(=O)OC)(c3cc4c(cc3OC)NC3=C(C(=O)OC)[C@H](Nc5nc6c(ncn6[C@@H]6O[C@H](COC(C)=O)[C@@H](OC(C)=O)[C@H]6OC(C)=O)c(=O)[nH]5)[C@]5(CC)C=CCN6CC[C@@]34[C@@H]65)C2)C1. The smallest absolute Gasteiger partial charge is 0.337 e. The van der Waals surface area contributed by atoms with Gasteiger partial charge in [-0.1, -0.05) is 50.6 Å². The summed E-state index contributed by atoms with van der Waals surface area (Å²) >= 11 is 0. The molecular weight excluding hydrogens is 1040 g/mol. The first-order valence-corrected chi connectivity index (χ1v) is 28.1. The molecule has 1 aliphatic carbocycles. The van der Waals surface area contributed by atoms with Gasteiger partial charge in [0, 0.05) is 105 Å². The molecule has 428 valence electrons. The molecule has 1 unspecified atom stereocenters. The van der Waals surface area contributed by atoms with Crippen molar-refractivity contribution in [2.24, 2.45) is 17.3 Å². The molecule has 12 atom stereocenters. The highest BCUT2D eigenvalue weighted by Crippen LogP contribution is 2.66. The van der Waals surface area contributed by atoms with Crippen molar-refractivity contribution in [2.75, 3.05) is 71.3 Å². The number of nitrogens with zero attached hydrogens (tertiary/aromatic N) is 5. The van der Waals surface area contributed by atoms with E-state index in [-0.39, 0.29) is 41.6 Å². The van der Waals surface area contributed by atoms with Crippen molar-refractivity contribution in [3.8, 4) is 5.75 Å². The molecule has 1 spiro atoms. The highest BCUT2D eigenvalue weighted by Gasteiger charge is 2.69. The molecule has 0 radical (unpaired) electrons. The van der Waals surface area contributed by atoms with Crippen LogP contribution in [-0.2, 0) is 69.6 Å². The predicted octanol–water partition coefficient (Wildman–Crippen LogP) is 5.31. The van der Waals surface area contributed by atoms with E-state index < -0.39 is 76.3 Å². The molecule has 7 aliphatic rings. The molecule has 2 bridgehead atoms. The van der Waals surface area contributed by atoms with Crippen LogP contribution in [0.5, 0.6) is 5.75 Å². The maximum absolute atomic E-state index is 15.6. The minimum absolute atomic E-state index is 0.00233. The van der Waals surface area contributed by atoms with Crippen LogP contribution >= 0.6 is 0 Å². The number of esters is 5. The molecule has 0 amide bonds. The fraction of sp³-hybridized carbons (Fsp3) is 0.525. The molecule has 4 N–H and O–H groups in total. The number of ether oxygens (including phenoxy) is 7. The molecule has 12 rings (SSSR count). The Labute approximate surface area is 467 Å². The highest BCUT2D eigenvalue weighted by molar-refractivity contribution is 5.97. The number of piperidine rings is 1. The third-order valence-corrected chi connectivity index (χ3v) is 18.7. The fourth-order valence-corrected chi connectivity index (χ4v) is 15.5. The summed E-state index contributed by atoms with van der Waals surface area (Å²) in [6, 6.07) is 11.2. The van der Waals surface area contributed by atoms with Gasteiger partial charge < -0.3 is 53.7 Å². The Morgan fingerprint density at radius 2 is 1.72 bits per heavy atom.